The zero-order valence-electron chi connectivity index (χ0n) is 11.4. The number of benzene rings is 2. The van der Waals surface area contributed by atoms with Crippen molar-refractivity contribution in [3.63, 3.8) is 0 Å². The molecule has 0 aliphatic heterocycles. The maximum Gasteiger partial charge on any atom is 0.143 e. The Morgan fingerprint density at radius 3 is 2.60 bits per heavy atom. The Labute approximate surface area is 123 Å². The van der Waals surface area contributed by atoms with E-state index in [-0.39, 0.29) is 10.8 Å². The van der Waals surface area contributed by atoms with E-state index in [0.717, 1.165) is 18.5 Å². The van der Waals surface area contributed by atoms with Crippen LogP contribution in [0.5, 0.6) is 0 Å². The molecular formula is C17H17ClFN. The van der Waals surface area contributed by atoms with Gasteiger partial charge in [0, 0.05) is 11.7 Å². The number of aryl methyl sites for hydroxylation is 1. The summed E-state index contributed by atoms with van der Waals surface area (Å²) in [6, 6.07) is 13.8. The van der Waals surface area contributed by atoms with Crippen LogP contribution in [0.1, 0.15) is 29.9 Å². The smallest absolute Gasteiger partial charge is 0.143 e. The van der Waals surface area contributed by atoms with Crippen molar-refractivity contribution in [1.29, 1.82) is 0 Å². The van der Waals surface area contributed by atoms with Gasteiger partial charge in [0.15, 0.2) is 0 Å². The predicted octanol–water partition coefficient (Wildman–Crippen LogP) is 5.15. The molecule has 20 heavy (non-hydrogen) atoms. The molecule has 1 aliphatic carbocycles. The van der Waals surface area contributed by atoms with Crippen LogP contribution in [0, 0.1) is 12.7 Å². The first kappa shape index (κ1) is 13.4. The lowest BCUT2D eigenvalue weighted by molar-refractivity contribution is 0.373. The second-order valence-electron chi connectivity index (χ2n) is 5.50. The van der Waals surface area contributed by atoms with Crippen LogP contribution in [0.3, 0.4) is 0 Å². The van der Waals surface area contributed by atoms with Gasteiger partial charge in [0.05, 0.1) is 5.02 Å². The SMILES string of the molecule is Cc1ccccc1C1CC(Nc2ccc(Cl)c(F)c2)C1. The maximum atomic E-state index is 13.4. The monoisotopic (exact) mass is 289 g/mol. The molecule has 1 nitrogen and oxygen atoms in total. The molecule has 2 aromatic carbocycles. The Bertz CT molecular complexity index is 620. The van der Waals surface area contributed by atoms with Gasteiger partial charge in [0.1, 0.15) is 5.82 Å². The average molecular weight is 290 g/mol. The molecule has 1 N–H and O–H groups in total. The van der Waals surface area contributed by atoms with Crippen LogP contribution in [-0.4, -0.2) is 6.04 Å². The van der Waals surface area contributed by atoms with Gasteiger partial charge in [-0.2, -0.15) is 0 Å². The zero-order chi connectivity index (χ0) is 14.1. The first-order chi connectivity index (χ1) is 9.63. The summed E-state index contributed by atoms with van der Waals surface area (Å²) < 4.78 is 13.4. The molecule has 0 aromatic heterocycles. The molecule has 2 aromatic rings. The highest BCUT2D eigenvalue weighted by molar-refractivity contribution is 6.30. The molecule has 0 spiro atoms. The average Bonchev–Trinajstić information content (AvgIpc) is 2.39. The zero-order valence-corrected chi connectivity index (χ0v) is 12.1. The molecule has 104 valence electrons. The van der Waals surface area contributed by atoms with Gasteiger partial charge in [0.2, 0.25) is 0 Å². The molecule has 0 saturated heterocycles. The standard InChI is InChI=1S/C17H17ClFN/c1-11-4-2-3-5-15(11)12-8-14(9-12)20-13-6-7-16(18)17(19)10-13/h2-7,10,12,14,20H,8-9H2,1H3. The minimum Gasteiger partial charge on any atom is -0.382 e. The van der Waals surface area contributed by atoms with Gasteiger partial charge in [-0.1, -0.05) is 35.9 Å². The normalized spacial score (nSPS) is 21.4. The predicted molar refractivity (Wildman–Crippen MR) is 82.0 cm³/mol. The molecule has 0 bridgehead atoms. The van der Waals surface area contributed by atoms with Crippen LogP contribution in [0.4, 0.5) is 10.1 Å². The van der Waals surface area contributed by atoms with Gasteiger partial charge in [-0.25, -0.2) is 4.39 Å². The number of hydrogen-bond donors (Lipinski definition) is 1. The topological polar surface area (TPSA) is 12.0 Å². The lowest BCUT2D eigenvalue weighted by Gasteiger charge is -2.37. The van der Waals surface area contributed by atoms with Crippen molar-refractivity contribution in [2.24, 2.45) is 0 Å². The largest absolute Gasteiger partial charge is 0.382 e. The number of anilines is 1. The van der Waals surface area contributed by atoms with Crippen molar-refractivity contribution in [1.82, 2.24) is 0 Å². The second-order valence-corrected chi connectivity index (χ2v) is 5.90. The molecule has 1 saturated carbocycles. The maximum absolute atomic E-state index is 13.4. The third-order valence-electron chi connectivity index (χ3n) is 4.06. The summed E-state index contributed by atoms with van der Waals surface area (Å²) in [4.78, 5) is 0. The first-order valence-corrected chi connectivity index (χ1v) is 7.28. The van der Waals surface area contributed by atoms with Crippen LogP contribution < -0.4 is 5.32 Å². The molecule has 0 unspecified atom stereocenters. The quantitative estimate of drug-likeness (QED) is 0.824. The Hall–Kier alpha value is -1.54. The van der Waals surface area contributed by atoms with Crippen molar-refractivity contribution in [3.05, 3.63) is 64.4 Å². The summed E-state index contributed by atoms with van der Waals surface area (Å²) in [6.07, 6.45) is 2.18. The first-order valence-electron chi connectivity index (χ1n) is 6.90. The van der Waals surface area contributed by atoms with E-state index >= 15 is 0 Å². The van der Waals surface area contributed by atoms with Crippen LogP contribution in [-0.2, 0) is 0 Å². The highest BCUT2D eigenvalue weighted by Gasteiger charge is 2.30. The van der Waals surface area contributed by atoms with Crippen LogP contribution in [0.25, 0.3) is 0 Å². The minimum absolute atomic E-state index is 0.168. The number of halogens is 2. The van der Waals surface area contributed by atoms with Crippen LogP contribution in [0.15, 0.2) is 42.5 Å². The molecule has 0 amide bonds. The van der Waals surface area contributed by atoms with Gasteiger partial charge in [0.25, 0.3) is 0 Å². The van der Waals surface area contributed by atoms with Crippen molar-refractivity contribution < 1.29 is 4.39 Å². The molecule has 0 heterocycles. The highest BCUT2D eigenvalue weighted by Crippen LogP contribution is 2.39. The molecule has 1 fully saturated rings. The van der Waals surface area contributed by atoms with E-state index in [9.17, 15) is 4.39 Å². The molecular weight excluding hydrogens is 273 g/mol. The van der Waals surface area contributed by atoms with Gasteiger partial charge in [-0.3, -0.25) is 0 Å². The molecule has 0 radical (unpaired) electrons. The van der Waals surface area contributed by atoms with Crippen LogP contribution in [0.2, 0.25) is 5.02 Å². The third kappa shape index (κ3) is 2.66. The fourth-order valence-corrected chi connectivity index (χ4v) is 2.97. The van der Waals surface area contributed by atoms with Gasteiger partial charge >= 0.3 is 0 Å². The Morgan fingerprint density at radius 1 is 1.15 bits per heavy atom. The third-order valence-corrected chi connectivity index (χ3v) is 4.36. The van der Waals surface area contributed by atoms with Gasteiger partial charge in [-0.05, 0) is 55.0 Å². The summed E-state index contributed by atoms with van der Waals surface area (Å²) in [7, 11) is 0. The second kappa shape index (κ2) is 5.45. The fraction of sp³-hybridized carbons (Fsp3) is 0.294. The number of hydrogen-bond acceptors (Lipinski definition) is 1. The summed E-state index contributed by atoms with van der Waals surface area (Å²) in [5.41, 5.74) is 3.60. The van der Waals surface area contributed by atoms with Gasteiger partial charge < -0.3 is 5.32 Å². The molecule has 1 aliphatic rings. The van der Waals surface area contributed by atoms with Crippen LogP contribution >= 0.6 is 11.6 Å². The Balaban J connectivity index is 1.61. The van der Waals surface area contributed by atoms with E-state index < -0.39 is 0 Å². The molecule has 3 rings (SSSR count). The van der Waals surface area contributed by atoms with Crippen molar-refractivity contribution >= 4 is 17.3 Å². The Morgan fingerprint density at radius 2 is 1.90 bits per heavy atom. The van der Waals surface area contributed by atoms with E-state index in [1.807, 2.05) is 6.07 Å². The van der Waals surface area contributed by atoms with Crippen molar-refractivity contribution in [2.45, 2.75) is 31.7 Å². The number of rotatable bonds is 3. The van der Waals surface area contributed by atoms with E-state index in [2.05, 4.69) is 36.5 Å². The lowest BCUT2D eigenvalue weighted by Crippen LogP contribution is -2.34. The fourth-order valence-electron chi connectivity index (χ4n) is 2.86. The van der Waals surface area contributed by atoms with Crippen molar-refractivity contribution in [2.75, 3.05) is 5.32 Å². The van der Waals surface area contributed by atoms with E-state index in [1.54, 1.807) is 6.07 Å². The summed E-state index contributed by atoms with van der Waals surface area (Å²) in [6.45, 7) is 2.16. The lowest BCUT2D eigenvalue weighted by atomic mass is 9.74. The van der Waals surface area contributed by atoms with E-state index in [1.165, 1.54) is 17.2 Å². The molecule has 3 heteroatoms. The number of nitrogens with one attached hydrogen (secondary N) is 1. The van der Waals surface area contributed by atoms with Crippen molar-refractivity contribution in [3.8, 4) is 0 Å². The minimum atomic E-state index is -0.369. The van der Waals surface area contributed by atoms with E-state index in [4.69, 9.17) is 11.6 Å². The van der Waals surface area contributed by atoms with Gasteiger partial charge in [-0.15, -0.1) is 0 Å². The molecule has 0 atom stereocenters. The Kier molecular flexibility index (Phi) is 3.66. The summed E-state index contributed by atoms with van der Waals surface area (Å²) in [5, 5.41) is 3.54. The van der Waals surface area contributed by atoms with E-state index in [0.29, 0.717) is 12.0 Å². The summed E-state index contributed by atoms with van der Waals surface area (Å²) >= 11 is 5.68. The highest BCUT2D eigenvalue weighted by atomic mass is 35.5. The summed E-state index contributed by atoms with van der Waals surface area (Å²) in [5.74, 6) is 0.247.